The highest BCUT2D eigenvalue weighted by Gasteiger charge is 2.23. The molecule has 0 bridgehead atoms. The molecule has 1 saturated carbocycles. The van der Waals surface area contributed by atoms with Gasteiger partial charge in [0.1, 0.15) is 0 Å². The maximum atomic E-state index is 12.2. The average Bonchev–Trinajstić information content (AvgIpc) is 2.62. The molecule has 0 saturated heterocycles. The summed E-state index contributed by atoms with van der Waals surface area (Å²) in [6, 6.07) is 6.79. The van der Waals surface area contributed by atoms with Gasteiger partial charge < -0.3 is 15.0 Å². The molecule has 1 aliphatic carbocycles. The SMILES string of the molecule is COC(=O)c1ccc(NC(=O)CCN(C(C)=O)C2CCCCC2)cc1. The van der Waals surface area contributed by atoms with Gasteiger partial charge in [0.05, 0.1) is 12.7 Å². The molecule has 1 fully saturated rings. The van der Waals surface area contributed by atoms with Gasteiger partial charge in [-0.2, -0.15) is 0 Å². The maximum Gasteiger partial charge on any atom is 0.337 e. The van der Waals surface area contributed by atoms with E-state index in [1.165, 1.54) is 13.5 Å². The molecule has 0 aromatic heterocycles. The van der Waals surface area contributed by atoms with Gasteiger partial charge in [0.2, 0.25) is 11.8 Å². The molecule has 2 amide bonds. The Labute approximate surface area is 148 Å². The first-order chi connectivity index (χ1) is 12.0. The average molecular weight is 346 g/mol. The van der Waals surface area contributed by atoms with Gasteiger partial charge in [0.25, 0.3) is 0 Å². The van der Waals surface area contributed by atoms with Crippen LogP contribution in [0.15, 0.2) is 24.3 Å². The Morgan fingerprint density at radius 3 is 2.32 bits per heavy atom. The molecule has 6 nitrogen and oxygen atoms in total. The lowest BCUT2D eigenvalue weighted by molar-refractivity contribution is -0.132. The molecule has 0 heterocycles. The Balaban J connectivity index is 1.86. The lowest BCUT2D eigenvalue weighted by atomic mass is 9.94. The first kappa shape index (κ1) is 19.0. The van der Waals surface area contributed by atoms with E-state index >= 15 is 0 Å². The molecule has 25 heavy (non-hydrogen) atoms. The number of ether oxygens (including phenoxy) is 1. The molecule has 1 aromatic carbocycles. The minimum atomic E-state index is -0.414. The summed E-state index contributed by atoms with van der Waals surface area (Å²) in [4.78, 5) is 37.3. The van der Waals surface area contributed by atoms with Crippen LogP contribution in [-0.4, -0.2) is 42.4 Å². The molecular weight excluding hydrogens is 320 g/mol. The van der Waals surface area contributed by atoms with Crippen LogP contribution in [0.3, 0.4) is 0 Å². The minimum Gasteiger partial charge on any atom is -0.465 e. The number of hydrogen-bond acceptors (Lipinski definition) is 4. The molecular formula is C19H26N2O4. The summed E-state index contributed by atoms with van der Waals surface area (Å²) in [6.45, 7) is 2.00. The van der Waals surface area contributed by atoms with Crippen molar-refractivity contribution in [2.75, 3.05) is 19.0 Å². The first-order valence-corrected chi connectivity index (χ1v) is 8.76. The number of benzene rings is 1. The zero-order chi connectivity index (χ0) is 18.2. The van der Waals surface area contributed by atoms with Crippen LogP contribution >= 0.6 is 0 Å². The molecule has 0 atom stereocenters. The van der Waals surface area contributed by atoms with Crippen molar-refractivity contribution in [3.63, 3.8) is 0 Å². The monoisotopic (exact) mass is 346 g/mol. The van der Waals surface area contributed by atoms with E-state index in [9.17, 15) is 14.4 Å². The molecule has 1 aliphatic rings. The van der Waals surface area contributed by atoms with Crippen LogP contribution < -0.4 is 5.32 Å². The Bertz CT molecular complexity index is 606. The van der Waals surface area contributed by atoms with E-state index in [0.29, 0.717) is 17.8 Å². The Morgan fingerprint density at radius 2 is 1.76 bits per heavy atom. The lowest BCUT2D eigenvalue weighted by Crippen LogP contribution is -2.41. The number of rotatable bonds is 6. The van der Waals surface area contributed by atoms with Crippen molar-refractivity contribution in [1.29, 1.82) is 0 Å². The van der Waals surface area contributed by atoms with Crippen LogP contribution in [0.1, 0.15) is 55.8 Å². The maximum absolute atomic E-state index is 12.2. The van der Waals surface area contributed by atoms with Crippen molar-refractivity contribution in [2.24, 2.45) is 0 Å². The fourth-order valence-corrected chi connectivity index (χ4v) is 3.24. The van der Waals surface area contributed by atoms with Crippen LogP contribution in [0.4, 0.5) is 5.69 Å². The van der Waals surface area contributed by atoms with Crippen molar-refractivity contribution in [2.45, 2.75) is 51.5 Å². The standard InChI is InChI=1S/C19H26N2O4/c1-14(22)21(17-6-4-3-5-7-17)13-12-18(23)20-16-10-8-15(9-11-16)19(24)25-2/h8-11,17H,3-7,12-13H2,1-2H3,(H,20,23). The van der Waals surface area contributed by atoms with Crippen LogP contribution in [0.25, 0.3) is 0 Å². The van der Waals surface area contributed by atoms with Gasteiger partial charge in [-0.15, -0.1) is 0 Å². The third-order valence-corrected chi connectivity index (χ3v) is 4.59. The summed E-state index contributed by atoms with van der Waals surface area (Å²) in [7, 11) is 1.32. The second-order valence-electron chi connectivity index (χ2n) is 6.37. The highest BCUT2D eigenvalue weighted by molar-refractivity contribution is 5.93. The van der Waals surface area contributed by atoms with E-state index in [-0.39, 0.29) is 24.3 Å². The molecule has 0 radical (unpaired) electrons. The summed E-state index contributed by atoms with van der Waals surface area (Å²) in [6.07, 6.45) is 5.83. The van der Waals surface area contributed by atoms with Crippen LogP contribution in [0.2, 0.25) is 0 Å². The van der Waals surface area contributed by atoms with E-state index < -0.39 is 5.97 Å². The van der Waals surface area contributed by atoms with Crippen molar-refractivity contribution >= 4 is 23.5 Å². The number of nitrogens with zero attached hydrogens (tertiary/aromatic N) is 1. The van der Waals surface area contributed by atoms with Crippen LogP contribution in [0, 0.1) is 0 Å². The van der Waals surface area contributed by atoms with E-state index in [1.54, 1.807) is 31.2 Å². The molecule has 6 heteroatoms. The first-order valence-electron chi connectivity index (χ1n) is 8.76. The third kappa shape index (κ3) is 5.59. The molecule has 2 rings (SSSR count). The van der Waals surface area contributed by atoms with Crippen LogP contribution in [0.5, 0.6) is 0 Å². The van der Waals surface area contributed by atoms with Gasteiger partial charge in [0.15, 0.2) is 0 Å². The van der Waals surface area contributed by atoms with Crippen LogP contribution in [-0.2, 0) is 14.3 Å². The van der Waals surface area contributed by atoms with Gasteiger partial charge in [-0.1, -0.05) is 19.3 Å². The summed E-state index contributed by atoms with van der Waals surface area (Å²) in [5.41, 5.74) is 1.05. The molecule has 136 valence electrons. The molecule has 1 aromatic rings. The highest BCUT2D eigenvalue weighted by atomic mass is 16.5. The molecule has 0 unspecified atom stereocenters. The van der Waals surface area contributed by atoms with Crippen molar-refractivity contribution < 1.29 is 19.1 Å². The zero-order valence-electron chi connectivity index (χ0n) is 14.9. The number of amides is 2. The number of esters is 1. The summed E-state index contributed by atoms with van der Waals surface area (Å²) < 4.78 is 4.64. The topological polar surface area (TPSA) is 75.7 Å². The van der Waals surface area contributed by atoms with E-state index in [4.69, 9.17) is 0 Å². The van der Waals surface area contributed by atoms with Crippen molar-refractivity contribution in [1.82, 2.24) is 4.90 Å². The minimum absolute atomic E-state index is 0.0298. The smallest absolute Gasteiger partial charge is 0.337 e. The van der Waals surface area contributed by atoms with Gasteiger partial charge in [-0.05, 0) is 37.1 Å². The second kappa shape index (κ2) is 9.20. The Kier molecular flexibility index (Phi) is 6.98. The van der Waals surface area contributed by atoms with Gasteiger partial charge >= 0.3 is 5.97 Å². The number of carbonyl (C=O) groups excluding carboxylic acids is 3. The fraction of sp³-hybridized carbons (Fsp3) is 0.526. The number of anilines is 1. The van der Waals surface area contributed by atoms with Crippen molar-refractivity contribution in [3.8, 4) is 0 Å². The molecule has 0 aliphatic heterocycles. The molecule has 1 N–H and O–H groups in total. The predicted octanol–water partition coefficient (Wildman–Crippen LogP) is 2.98. The summed E-state index contributed by atoms with van der Waals surface area (Å²) >= 11 is 0. The quantitative estimate of drug-likeness (QED) is 0.804. The van der Waals surface area contributed by atoms with E-state index in [2.05, 4.69) is 10.1 Å². The normalized spacial score (nSPS) is 14.6. The Hall–Kier alpha value is -2.37. The van der Waals surface area contributed by atoms with Gasteiger partial charge in [-0.3, -0.25) is 9.59 Å². The van der Waals surface area contributed by atoms with Crippen molar-refractivity contribution in [3.05, 3.63) is 29.8 Å². The zero-order valence-corrected chi connectivity index (χ0v) is 14.9. The van der Waals surface area contributed by atoms with Gasteiger partial charge in [0, 0.05) is 31.6 Å². The number of methoxy groups -OCH3 is 1. The second-order valence-corrected chi connectivity index (χ2v) is 6.37. The third-order valence-electron chi connectivity index (χ3n) is 4.59. The summed E-state index contributed by atoms with van der Waals surface area (Å²) in [5.74, 6) is -0.530. The van der Waals surface area contributed by atoms with E-state index in [0.717, 1.165) is 25.7 Å². The molecule has 0 spiro atoms. The van der Waals surface area contributed by atoms with Gasteiger partial charge in [-0.25, -0.2) is 4.79 Å². The largest absolute Gasteiger partial charge is 0.465 e. The van der Waals surface area contributed by atoms with E-state index in [1.807, 2.05) is 4.90 Å². The predicted molar refractivity (Wildman–Crippen MR) is 95.3 cm³/mol. The number of carbonyl (C=O) groups is 3. The highest BCUT2D eigenvalue weighted by Crippen LogP contribution is 2.23. The summed E-state index contributed by atoms with van der Waals surface area (Å²) in [5, 5.41) is 2.79. The lowest BCUT2D eigenvalue weighted by Gasteiger charge is -2.33. The number of nitrogens with one attached hydrogen (secondary N) is 1. The number of hydrogen-bond donors (Lipinski definition) is 1. The Morgan fingerprint density at radius 1 is 1.12 bits per heavy atom. The fourth-order valence-electron chi connectivity index (χ4n) is 3.24.